The fourth-order valence-electron chi connectivity index (χ4n) is 1.80. The van der Waals surface area contributed by atoms with Crippen molar-refractivity contribution in [2.75, 3.05) is 5.32 Å². The summed E-state index contributed by atoms with van der Waals surface area (Å²) in [4.78, 5) is 12.0. The van der Waals surface area contributed by atoms with E-state index in [0.717, 1.165) is 11.1 Å². The topological polar surface area (TPSA) is 29.1 Å². The Morgan fingerprint density at radius 1 is 1.14 bits per heavy atom. The Labute approximate surface area is 131 Å². The summed E-state index contributed by atoms with van der Waals surface area (Å²) < 4.78 is 13.6. The number of rotatable bonds is 4. The van der Waals surface area contributed by atoms with E-state index < -0.39 is 0 Å². The summed E-state index contributed by atoms with van der Waals surface area (Å²) in [5, 5.41) is 2.95. The molecule has 1 N–H and O–H groups in total. The fraction of sp³-hybridized carbons (Fsp3) is 0.118. The molecule has 0 aromatic heterocycles. The minimum Gasteiger partial charge on any atom is -0.361 e. The smallest absolute Gasteiger partial charge is 0.187 e. The van der Waals surface area contributed by atoms with E-state index in [1.54, 1.807) is 12.3 Å². The van der Waals surface area contributed by atoms with Crippen LogP contribution in [-0.2, 0) is 0 Å². The molecule has 108 valence electrons. The summed E-state index contributed by atoms with van der Waals surface area (Å²) in [6.45, 7) is 3.98. The molecule has 21 heavy (non-hydrogen) atoms. The van der Waals surface area contributed by atoms with E-state index in [1.807, 2.05) is 32.0 Å². The average molecular weight is 348 g/mol. The number of nitrogens with one attached hydrogen (secondary N) is 1. The number of anilines is 1. The fourth-order valence-corrected chi connectivity index (χ4v) is 2.27. The van der Waals surface area contributed by atoms with Crippen molar-refractivity contribution >= 4 is 27.4 Å². The summed E-state index contributed by atoms with van der Waals surface area (Å²) in [6.07, 6.45) is 3.01. The van der Waals surface area contributed by atoms with Crippen LogP contribution in [0.3, 0.4) is 0 Å². The molecule has 0 saturated carbocycles. The third kappa shape index (κ3) is 4.02. The minimum atomic E-state index is -0.317. The molecule has 2 nitrogen and oxygen atoms in total. The van der Waals surface area contributed by atoms with Crippen LogP contribution in [0.5, 0.6) is 0 Å². The molecule has 2 aromatic rings. The SMILES string of the molecule is Cc1ccc(C(=O)/C=C/Nc2ccc(F)cc2Br)cc1C. The molecular weight excluding hydrogens is 333 g/mol. The van der Waals surface area contributed by atoms with Crippen LogP contribution in [-0.4, -0.2) is 5.78 Å². The lowest BCUT2D eigenvalue weighted by molar-refractivity contribution is 0.104. The minimum absolute atomic E-state index is 0.0798. The first-order valence-corrected chi connectivity index (χ1v) is 7.26. The van der Waals surface area contributed by atoms with Gasteiger partial charge >= 0.3 is 0 Å². The van der Waals surface area contributed by atoms with Gasteiger partial charge in [0.25, 0.3) is 0 Å². The first kappa shape index (κ1) is 15.4. The lowest BCUT2D eigenvalue weighted by Crippen LogP contribution is -1.98. The number of carbonyl (C=O) groups excluding carboxylic acids is 1. The van der Waals surface area contributed by atoms with Gasteiger partial charge in [-0.3, -0.25) is 4.79 Å². The quantitative estimate of drug-likeness (QED) is 0.621. The Morgan fingerprint density at radius 2 is 1.90 bits per heavy atom. The summed E-state index contributed by atoms with van der Waals surface area (Å²) in [6, 6.07) is 9.93. The Morgan fingerprint density at radius 3 is 2.57 bits per heavy atom. The highest BCUT2D eigenvalue weighted by atomic mass is 79.9. The maximum atomic E-state index is 13.0. The molecule has 0 bridgehead atoms. The van der Waals surface area contributed by atoms with Gasteiger partial charge in [-0.05, 0) is 65.2 Å². The summed E-state index contributed by atoms with van der Waals surface area (Å²) in [5.74, 6) is -0.397. The monoisotopic (exact) mass is 347 g/mol. The molecule has 0 saturated heterocycles. The lowest BCUT2D eigenvalue weighted by Gasteiger charge is -2.04. The highest BCUT2D eigenvalue weighted by Crippen LogP contribution is 2.23. The van der Waals surface area contributed by atoms with Gasteiger partial charge in [-0.1, -0.05) is 12.1 Å². The van der Waals surface area contributed by atoms with Crippen LogP contribution in [0.2, 0.25) is 0 Å². The Balaban J connectivity index is 2.06. The van der Waals surface area contributed by atoms with Gasteiger partial charge < -0.3 is 5.32 Å². The molecule has 0 aliphatic carbocycles. The van der Waals surface area contributed by atoms with Crippen molar-refractivity contribution in [1.29, 1.82) is 0 Å². The first-order chi connectivity index (χ1) is 9.97. The van der Waals surface area contributed by atoms with Crippen molar-refractivity contribution in [2.24, 2.45) is 0 Å². The molecule has 0 aliphatic rings. The Kier molecular flexibility index (Phi) is 4.91. The molecule has 4 heteroatoms. The van der Waals surface area contributed by atoms with Crippen molar-refractivity contribution in [3.05, 3.63) is 75.7 Å². The summed E-state index contributed by atoms with van der Waals surface area (Å²) in [7, 11) is 0. The number of allylic oxidation sites excluding steroid dienone is 1. The molecule has 0 unspecified atom stereocenters. The van der Waals surface area contributed by atoms with Gasteiger partial charge in [0.15, 0.2) is 5.78 Å². The molecule has 0 amide bonds. The number of hydrogen-bond acceptors (Lipinski definition) is 2. The average Bonchev–Trinajstić information content (AvgIpc) is 2.44. The van der Waals surface area contributed by atoms with Crippen molar-refractivity contribution in [3.8, 4) is 0 Å². The molecule has 0 heterocycles. The van der Waals surface area contributed by atoms with Crippen LogP contribution in [0.1, 0.15) is 21.5 Å². The molecule has 0 radical (unpaired) electrons. The predicted molar refractivity (Wildman–Crippen MR) is 87.1 cm³/mol. The van der Waals surface area contributed by atoms with Crippen LogP contribution in [0.15, 0.2) is 53.1 Å². The number of ketones is 1. The summed E-state index contributed by atoms with van der Waals surface area (Å²) >= 11 is 3.26. The number of benzene rings is 2. The second-order valence-electron chi connectivity index (χ2n) is 4.77. The zero-order chi connectivity index (χ0) is 15.4. The third-order valence-corrected chi connectivity index (χ3v) is 3.85. The molecular formula is C17H15BrFNO. The molecule has 2 aromatic carbocycles. The van der Waals surface area contributed by atoms with Crippen molar-refractivity contribution in [1.82, 2.24) is 0 Å². The van der Waals surface area contributed by atoms with Crippen molar-refractivity contribution in [2.45, 2.75) is 13.8 Å². The van der Waals surface area contributed by atoms with Gasteiger partial charge in [-0.2, -0.15) is 0 Å². The number of hydrogen-bond donors (Lipinski definition) is 1. The molecule has 0 atom stereocenters. The van der Waals surface area contributed by atoms with E-state index in [0.29, 0.717) is 15.7 Å². The third-order valence-electron chi connectivity index (χ3n) is 3.20. The zero-order valence-corrected chi connectivity index (χ0v) is 13.4. The zero-order valence-electron chi connectivity index (χ0n) is 11.8. The predicted octanol–water partition coefficient (Wildman–Crippen LogP) is 5.01. The number of carbonyl (C=O) groups is 1. The molecule has 0 spiro atoms. The van der Waals surface area contributed by atoms with E-state index in [-0.39, 0.29) is 11.6 Å². The summed E-state index contributed by atoms with van der Waals surface area (Å²) in [5.41, 5.74) is 3.59. The highest BCUT2D eigenvalue weighted by molar-refractivity contribution is 9.10. The van der Waals surface area contributed by atoms with Gasteiger partial charge in [0.05, 0.1) is 5.69 Å². The van der Waals surface area contributed by atoms with Crippen molar-refractivity contribution < 1.29 is 9.18 Å². The molecule has 0 aliphatic heterocycles. The van der Waals surface area contributed by atoms with E-state index in [2.05, 4.69) is 21.2 Å². The van der Waals surface area contributed by atoms with E-state index in [1.165, 1.54) is 18.2 Å². The number of aryl methyl sites for hydroxylation is 2. The van der Waals surface area contributed by atoms with Gasteiger partial charge in [0.1, 0.15) is 5.82 Å². The second-order valence-corrected chi connectivity index (χ2v) is 5.62. The maximum absolute atomic E-state index is 13.0. The highest BCUT2D eigenvalue weighted by Gasteiger charge is 2.03. The van der Waals surface area contributed by atoms with Crippen LogP contribution in [0, 0.1) is 19.7 Å². The maximum Gasteiger partial charge on any atom is 0.187 e. The largest absolute Gasteiger partial charge is 0.361 e. The van der Waals surface area contributed by atoms with Gasteiger partial charge in [0, 0.05) is 22.3 Å². The van der Waals surface area contributed by atoms with E-state index >= 15 is 0 Å². The van der Waals surface area contributed by atoms with Crippen LogP contribution in [0.4, 0.5) is 10.1 Å². The van der Waals surface area contributed by atoms with Crippen LogP contribution in [0.25, 0.3) is 0 Å². The van der Waals surface area contributed by atoms with Crippen LogP contribution < -0.4 is 5.32 Å². The van der Waals surface area contributed by atoms with E-state index in [9.17, 15) is 9.18 Å². The lowest BCUT2D eigenvalue weighted by atomic mass is 10.0. The van der Waals surface area contributed by atoms with Crippen molar-refractivity contribution in [3.63, 3.8) is 0 Å². The number of halogens is 2. The molecule has 2 rings (SSSR count). The Bertz CT molecular complexity index is 710. The standard InChI is InChI=1S/C17H15BrFNO/c1-11-3-4-13(9-12(11)2)17(21)7-8-20-16-6-5-14(19)10-15(16)18/h3-10,20H,1-2H3/b8-7+. The van der Waals surface area contributed by atoms with Gasteiger partial charge in [0.2, 0.25) is 0 Å². The second kappa shape index (κ2) is 6.68. The van der Waals surface area contributed by atoms with Gasteiger partial charge in [-0.25, -0.2) is 4.39 Å². The van der Waals surface area contributed by atoms with E-state index in [4.69, 9.17) is 0 Å². The first-order valence-electron chi connectivity index (χ1n) is 6.47. The Hall–Kier alpha value is -1.94. The van der Waals surface area contributed by atoms with Crippen LogP contribution >= 0.6 is 15.9 Å². The van der Waals surface area contributed by atoms with Gasteiger partial charge in [-0.15, -0.1) is 0 Å². The normalized spacial score (nSPS) is 10.9. The molecule has 0 fully saturated rings.